The fourth-order valence-corrected chi connectivity index (χ4v) is 17.9. The van der Waals surface area contributed by atoms with Gasteiger partial charge in [-0.15, -0.1) is 22.7 Å². The highest BCUT2D eigenvalue weighted by Crippen LogP contribution is 2.45. The van der Waals surface area contributed by atoms with E-state index < -0.39 is 0 Å². The van der Waals surface area contributed by atoms with E-state index in [1.54, 1.807) is 0 Å². The molecule has 2 nitrogen and oxygen atoms in total. The lowest BCUT2D eigenvalue weighted by molar-refractivity contribution is 1.28. The molecule has 0 atom stereocenters. The Kier molecular flexibility index (Phi) is 23.0. The monoisotopic (exact) mass is 1570 g/mol. The van der Waals surface area contributed by atoms with Gasteiger partial charge in [-0.25, -0.2) is 0 Å². The van der Waals surface area contributed by atoms with E-state index >= 15 is 0 Å². The van der Waals surface area contributed by atoms with Crippen LogP contribution in [0, 0.1) is 0 Å². The molecule has 0 saturated carbocycles. The molecular formula is C109H79BBrN2S2. The molecule has 0 bridgehead atoms. The SMILES string of the molecule is Brc1cccc(-c2cccc3c2sc2ccccc23)c1.C.[B].c1ccc(-c2ccc(-c3ccc(N(c4ccc(-c5ccc(-c6ccccc6)cc5)cc4)c4cccc(-c5cccc6c5sc5ccccc56)c4)cc3)cc2)cc1.c1ccc(-c2ccc(-c3ccc(Nc4ccc(-c5ccc(-c6ccccc6)cc5)cc4)cc3)cc2)cc1. The molecule has 0 saturated heterocycles. The van der Waals surface area contributed by atoms with Gasteiger partial charge >= 0.3 is 0 Å². The summed E-state index contributed by atoms with van der Waals surface area (Å²) < 4.78 is 6.48. The third-order valence-electron chi connectivity index (χ3n) is 21.0. The van der Waals surface area contributed by atoms with Crippen LogP contribution < -0.4 is 10.2 Å². The zero-order chi connectivity index (χ0) is 75.7. The number of benzene rings is 18. The van der Waals surface area contributed by atoms with Crippen LogP contribution in [0.15, 0.2) is 453 Å². The largest absolute Gasteiger partial charge is 0.356 e. The molecule has 0 fully saturated rings. The minimum absolute atomic E-state index is 0. The summed E-state index contributed by atoms with van der Waals surface area (Å²) in [7, 11) is 0. The van der Waals surface area contributed by atoms with Gasteiger partial charge in [0.15, 0.2) is 0 Å². The van der Waals surface area contributed by atoms with Gasteiger partial charge in [-0.2, -0.15) is 0 Å². The summed E-state index contributed by atoms with van der Waals surface area (Å²) in [6.07, 6.45) is 0. The smallest absolute Gasteiger partial charge is 0.0467 e. The molecular weight excluding hydrogens is 1490 g/mol. The maximum atomic E-state index is 3.56. The predicted molar refractivity (Wildman–Crippen MR) is 504 cm³/mol. The Morgan fingerprint density at radius 2 is 0.443 bits per heavy atom. The second-order valence-corrected chi connectivity index (χ2v) is 31.1. The van der Waals surface area contributed by atoms with Gasteiger partial charge in [-0.1, -0.05) is 387 Å². The fraction of sp³-hybridized carbons (Fsp3) is 0.00917. The molecule has 20 aromatic rings. The zero-order valence-corrected chi connectivity index (χ0v) is 65.7. The fourth-order valence-electron chi connectivity index (χ4n) is 15.1. The standard InChI is InChI=1S/C54H37NS.C36H27N.C18H11BrS.CH4.B/c1-3-11-38(12-4-1)40-21-25-42(26-22-40)44-29-33-47(34-30-44)55(48-35-31-45(32-36-48)43-27-23-41(24-28-43)39-13-5-2-6-14-39)49-16-9-15-46(37-49)50-18-10-19-52-51-17-7-8-20-53(51)56-54(50)52;1-3-7-27(8-4-1)29-11-15-31(16-12-29)33-19-23-35(24-20-33)37-36-25-21-34(22-26-36)32-17-13-30(14-18-32)28-9-5-2-6-10-28;19-13-6-3-5-12(11-13)14-8-4-9-16-15-7-1-2-10-17(15)20-18(14)16;;/h1-37H;1-26,37H;1-11H;1H4;. The van der Waals surface area contributed by atoms with E-state index in [-0.39, 0.29) is 15.8 Å². The number of nitrogens with zero attached hydrogens (tertiary/aromatic N) is 1. The first-order valence-corrected chi connectivity index (χ1v) is 40.6. The number of thiophene rings is 2. The van der Waals surface area contributed by atoms with E-state index in [9.17, 15) is 0 Å². The molecule has 3 radical (unpaired) electrons. The van der Waals surface area contributed by atoms with Gasteiger partial charge in [0.1, 0.15) is 0 Å². The van der Waals surface area contributed by atoms with Crippen LogP contribution in [0.5, 0.6) is 0 Å². The summed E-state index contributed by atoms with van der Waals surface area (Å²) in [5, 5.41) is 8.85. The lowest BCUT2D eigenvalue weighted by atomic mass is 9.99. The van der Waals surface area contributed by atoms with Crippen LogP contribution in [0.2, 0.25) is 0 Å². The molecule has 547 valence electrons. The summed E-state index contributed by atoms with van der Waals surface area (Å²) in [5.41, 5.74) is 30.0. The van der Waals surface area contributed by atoms with E-state index in [1.807, 2.05) is 34.8 Å². The Labute approximate surface area is 692 Å². The van der Waals surface area contributed by atoms with Crippen molar-refractivity contribution >= 4 is 116 Å². The Morgan fingerprint density at radius 3 is 0.765 bits per heavy atom. The Hall–Kier alpha value is -13.5. The van der Waals surface area contributed by atoms with Crippen LogP contribution in [0.25, 0.3) is 152 Å². The highest BCUT2D eigenvalue weighted by Gasteiger charge is 2.18. The Morgan fingerprint density at radius 1 is 0.200 bits per heavy atom. The van der Waals surface area contributed by atoms with Gasteiger partial charge in [0.25, 0.3) is 0 Å². The van der Waals surface area contributed by atoms with Crippen molar-refractivity contribution in [3.63, 3.8) is 0 Å². The number of hydrogen-bond donors (Lipinski definition) is 1. The highest BCUT2D eigenvalue weighted by atomic mass is 79.9. The maximum Gasteiger partial charge on any atom is 0.0467 e. The normalized spacial score (nSPS) is 10.9. The second-order valence-electron chi connectivity index (χ2n) is 28.1. The van der Waals surface area contributed by atoms with Gasteiger partial charge in [-0.05, 0) is 196 Å². The summed E-state index contributed by atoms with van der Waals surface area (Å²) in [5.74, 6) is 0. The minimum Gasteiger partial charge on any atom is -0.356 e. The third-order valence-corrected chi connectivity index (χ3v) is 23.9. The van der Waals surface area contributed by atoms with Crippen molar-refractivity contribution in [2.75, 3.05) is 10.2 Å². The summed E-state index contributed by atoms with van der Waals surface area (Å²) in [6, 6.07) is 161. The molecule has 0 aliphatic heterocycles. The lowest BCUT2D eigenvalue weighted by Crippen LogP contribution is -2.10. The van der Waals surface area contributed by atoms with Crippen molar-refractivity contribution in [1.82, 2.24) is 0 Å². The molecule has 1 N–H and O–H groups in total. The molecule has 2 heterocycles. The highest BCUT2D eigenvalue weighted by molar-refractivity contribution is 9.10. The minimum atomic E-state index is 0. The molecule has 0 amide bonds. The number of hydrogen-bond acceptors (Lipinski definition) is 4. The van der Waals surface area contributed by atoms with Crippen LogP contribution in [0.3, 0.4) is 0 Å². The molecule has 20 rings (SSSR count). The molecule has 0 aliphatic carbocycles. The first kappa shape index (κ1) is 75.6. The lowest BCUT2D eigenvalue weighted by Gasteiger charge is -2.26. The van der Waals surface area contributed by atoms with Gasteiger partial charge in [0.05, 0.1) is 0 Å². The van der Waals surface area contributed by atoms with Crippen molar-refractivity contribution < 1.29 is 0 Å². The van der Waals surface area contributed by atoms with E-state index in [1.165, 1.54) is 152 Å². The zero-order valence-electron chi connectivity index (χ0n) is 62.4. The van der Waals surface area contributed by atoms with Crippen molar-refractivity contribution in [1.29, 1.82) is 0 Å². The summed E-state index contributed by atoms with van der Waals surface area (Å²) >= 11 is 7.31. The van der Waals surface area contributed by atoms with Gasteiger partial charge in [0, 0.05) is 81.7 Å². The van der Waals surface area contributed by atoms with Gasteiger partial charge in [-0.3, -0.25) is 0 Å². The summed E-state index contributed by atoms with van der Waals surface area (Å²) in [6.45, 7) is 0. The quantitative estimate of drug-likeness (QED) is 0.103. The summed E-state index contributed by atoms with van der Waals surface area (Å²) in [4.78, 5) is 2.37. The average Bonchev–Trinajstić information content (AvgIpc) is 1.53. The van der Waals surface area contributed by atoms with Crippen LogP contribution >= 0.6 is 38.6 Å². The molecule has 18 aromatic carbocycles. The van der Waals surface area contributed by atoms with Crippen LogP contribution in [0.4, 0.5) is 28.4 Å². The van der Waals surface area contributed by atoms with E-state index in [4.69, 9.17) is 0 Å². The first-order chi connectivity index (χ1) is 55.9. The molecule has 0 unspecified atom stereocenters. The topological polar surface area (TPSA) is 15.3 Å². The molecule has 2 aromatic heterocycles. The van der Waals surface area contributed by atoms with Crippen molar-refractivity contribution in [3.8, 4) is 111 Å². The van der Waals surface area contributed by atoms with Gasteiger partial charge < -0.3 is 10.2 Å². The van der Waals surface area contributed by atoms with E-state index in [2.05, 4.69) is 463 Å². The molecule has 0 aliphatic rings. The van der Waals surface area contributed by atoms with Crippen molar-refractivity contribution in [2.45, 2.75) is 7.43 Å². The molecule has 0 spiro atoms. The third kappa shape index (κ3) is 16.9. The maximum absolute atomic E-state index is 3.56. The number of nitrogens with one attached hydrogen (secondary N) is 1. The van der Waals surface area contributed by atoms with Crippen molar-refractivity contribution in [2.24, 2.45) is 0 Å². The Balaban J connectivity index is 0.000000144. The number of rotatable bonds is 15. The Bertz CT molecular complexity index is 6360. The van der Waals surface area contributed by atoms with E-state index in [0.717, 1.165) is 32.9 Å². The van der Waals surface area contributed by atoms with Crippen LogP contribution in [-0.2, 0) is 0 Å². The second kappa shape index (κ2) is 35.1. The van der Waals surface area contributed by atoms with Crippen LogP contribution in [-0.4, -0.2) is 8.41 Å². The predicted octanol–water partition coefficient (Wildman–Crippen LogP) is 32.7. The molecule has 6 heteroatoms. The van der Waals surface area contributed by atoms with Crippen LogP contribution in [0.1, 0.15) is 7.43 Å². The first-order valence-electron chi connectivity index (χ1n) is 38.2. The van der Waals surface area contributed by atoms with Crippen molar-refractivity contribution in [3.05, 3.63) is 453 Å². The number of fused-ring (bicyclic) bond motifs is 6. The number of anilines is 5. The number of halogens is 1. The van der Waals surface area contributed by atoms with E-state index in [0.29, 0.717) is 0 Å². The molecule has 115 heavy (non-hydrogen) atoms. The van der Waals surface area contributed by atoms with Gasteiger partial charge in [0.2, 0.25) is 0 Å². The average molecular weight is 1570 g/mol.